The first-order chi connectivity index (χ1) is 11.1. The smallest absolute Gasteiger partial charge is 0.359 e. The van der Waals surface area contributed by atoms with Gasteiger partial charge < -0.3 is 4.74 Å². The minimum Gasteiger partial charge on any atom is -0.461 e. The molecule has 2 aromatic rings. The van der Waals surface area contributed by atoms with Crippen LogP contribution in [0.15, 0.2) is 36.3 Å². The molecule has 1 aliphatic carbocycles. The van der Waals surface area contributed by atoms with Gasteiger partial charge in [-0.2, -0.15) is 5.10 Å². The molecule has 1 aliphatic rings. The SMILES string of the molecule is CCOC(=O)c1nn(CC2CC=CC=C2F)c2ncc(F)cc12. The maximum absolute atomic E-state index is 13.9. The van der Waals surface area contributed by atoms with Gasteiger partial charge in [0.1, 0.15) is 11.6 Å². The van der Waals surface area contributed by atoms with Crippen molar-refractivity contribution in [2.24, 2.45) is 5.92 Å². The lowest BCUT2D eigenvalue weighted by molar-refractivity contribution is 0.0520. The van der Waals surface area contributed by atoms with Gasteiger partial charge in [-0.1, -0.05) is 12.2 Å². The van der Waals surface area contributed by atoms with Crippen molar-refractivity contribution in [3.05, 3.63) is 47.8 Å². The van der Waals surface area contributed by atoms with Crippen molar-refractivity contribution in [2.75, 3.05) is 6.61 Å². The summed E-state index contributed by atoms with van der Waals surface area (Å²) in [5.41, 5.74) is 0.321. The number of carbonyl (C=O) groups excluding carboxylic acids is 1. The van der Waals surface area contributed by atoms with Gasteiger partial charge in [-0.3, -0.25) is 0 Å². The Bertz CT molecular complexity index is 811. The molecule has 0 saturated heterocycles. The van der Waals surface area contributed by atoms with E-state index in [1.807, 2.05) is 6.08 Å². The Labute approximate surface area is 131 Å². The Hall–Kier alpha value is -2.57. The number of esters is 1. The molecule has 2 heterocycles. The Morgan fingerprint density at radius 3 is 3.04 bits per heavy atom. The topological polar surface area (TPSA) is 57.0 Å². The van der Waals surface area contributed by atoms with Gasteiger partial charge in [-0.05, 0) is 25.5 Å². The van der Waals surface area contributed by atoms with Crippen molar-refractivity contribution < 1.29 is 18.3 Å². The van der Waals surface area contributed by atoms with Crippen molar-refractivity contribution >= 4 is 17.0 Å². The minimum atomic E-state index is -0.650. The van der Waals surface area contributed by atoms with Crippen LogP contribution >= 0.6 is 0 Å². The van der Waals surface area contributed by atoms with Crippen LogP contribution < -0.4 is 0 Å². The Balaban J connectivity index is 2.02. The van der Waals surface area contributed by atoms with Crippen LogP contribution in [0.4, 0.5) is 8.78 Å². The molecule has 0 amide bonds. The molecule has 1 unspecified atom stereocenters. The molecule has 5 nitrogen and oxygen atoms in total. The maximum Gasteiger partial charge on any atom is 0.359 e. The molecule has 3 rings (SSSR count). The number of halogens is 2. The van der Waals surface area contributed by atoms with Gasteiger partial charge in [0.15, 0.2) is 11.3 Å². The summed E-state index contributed by atoms with van der Waals surface area (Å²) < 4.78 is 33.7. The average molecular weight is 319 g/mol. The molecule has 0 N–H and O–H groups in total. The summed E-state index contributed by atoms with van der Waals surface area (Å²) in [7, 11) is 0. The molecular formula is C16H15F2N3O2. The monoisotopic (exact) mass is 319 g/mol. The lowest BCUT2D eigenvalue weighted by Crippen LogP contribution is -2.15. The summed E-state index contributed by atoms with van der Waals surface area (Å²) in [6.45, 7) is 2.06. The van der Waals surface area contributed by atoms with Crippen LogP contribution in [-0.4, -0.2) is 27.3 Å². The van der Waals surface area contributed by atoms with E-state index in [1.165, 1.54) is 16.8 Å². The van der Waals surface area contributed by atoms with Crippen LogP contribution in [0.5, 0.6) is 0 Å². The molecule has 0 saturated carbocycles. The maximum atomic E-state index is 13.9. The third kappa shape index (κ3) is 2.99. The van der Waals surface area contributed by atoms with Gasteiger partial charge in [0.2, 0.25) is 0 Å². The zero-order chi connectivity index (χ0) is 16.4. The number of allylic oxidation sites excluding steroid dienone is 4. The van der Waals surface area contributed by atoms with E-state index >= 15 is 0 Å². The van der Waals surface area contributed by atoms with Gasteiger partial charge in [0, 0.05) is 5.92 Å². The zero-order valence-electron chi connectivity index (χ0n) is 12.5. The highest BCUT2D eigenvalue weighted by atomic mass is 19.1. The molecule has 0 spiro atoms. The summed E-state index contributed by atoms with van der Waals surface area (Å²) in [6.07, 6.45) is 6.49. The third-order valence-corrected chi connectivity index (χ3v) is 3.62. The van der Waals surface area contributed by atoms with E-state index < -0.39 is 11.8 Å². The van der Waals surface area contributed by atoms with Crippen molar-refractivity contribution in [2.45, 2.75) is 19.9 Å². The van der Waals surface area contributed by atoms with Crippen molar-refractivity contribution in [3.8, 4) is 0 Å². The standard InChI is InChI=1S/C16H15F2N3O2/c1-2-23-16(22)14-12-7-11(17)8-19-15(12)21(20-14)9-10-5-3-4-6-13(10)18/h3-4,6-8,10H,2,5,9H2,1H3. The van der Waals surface area contributed by atoms with Crippen molar-refractivity contribution in [1.82, 2.24) is 14.8 Å². The van der Waals surface area contributed by atoms with Gasteiger partial charge in [-0.25, -0.2) is 23.2 Å². The fourth-order valence-corrected chi connectivity index (χ4v) is 2.53. The summed E-state index contributed by atoms with van der Waals surface area (Å²) in [6, 6.07) is 1.19. The molecule has 1 atom stereocenters. The highest BCUT2D eigenvalue weighted by molar-refractivity contribution is 6.01. The molecule has 0 radical (unpaired) electrons. The molecule has 0 aliphatic heterocycles. The number of fused-ring (bicyclic) bond motifs is 1. The van der Waals surface area contributed by atoms with E-state index in [9.17, 15) is 13.6 Å². The number of nitrogens with zero attached hydrogens (tertiary/aromatic N) is 3. The van der Waals surface area contributed by atoms with E-state index in [0.29, 0.717) is 12.1 Å². The fraction of sp³-hybridized carbons (Fsp3) is 0.312. The van der Waals surface area contributed by atoms with E-state index in [2.05, 4.69) is 10.1 Å². The van der Waals surface area contributed by atoms with Crippen molar-refractivity contribution in [3.63, 3.8) is 0 Å². The molecule has 0 aromatic carbocycles. The summed E-state index contributed by atoms with van der Waals surface area (Å²) in [5, 5.41) is 4.44. The van der Waals surface area contributed by atoms with Gasteiger partial charge in [0.25, 0.3) is 0 Å². The number of hydrogen-bond acceptors (Lipinski definition) is 4. The van der Waals surface area contributed by atoms with Gasteiger partial charge in [-0.15, -0.1) is 0 Å². The molecular weight excluding hydrogens is 304 g/mol. The zero-order valence-corrected chi connectivity index (χ0v) is 12.5. The number of hydrogen-bond donors (Lipinski definition) is 0. The summed E-state index contributed by atoms with van der Waals surface area (Å²) >= 11 is 0. The summed E-state index contributed by atoms with van der Waals surface area (Å²) in [5.74, 6) is -1.86. The predicted molar refractivity (Wildman–Crippen MR) is 79.9 cm³/mol. The summed E-state index contributed by atoms with van der Waals surface area (Å²) in [4.78, 5) is 16.0. The highest BCUT2D eigenvalue weighted by Crippen LogP contribution is 2.26. The third-order valence-electron chi connectivity index (χ3n) is 3.62. The molecule has 0 fully saturated rings. The first kappa shape index (κ1) is 15.3. The van der Waals surface area contributed by atoms with Crippen LogP contribution in [0.2, 0.25) is 0 Å². The Morgan fingerprint density at radius 2 is 2.30 bits per heavy atom. The van der Waals surface area contributed by atoms with E-state index in [1.54, 1.807) is 13.0 Å². The molecule has 0 bridgehead atoms. The molecule has 23 heavy (non-hydrogen) atoms. The van der Waals surface area contributed by atoms with Crippen LogP contribution in [0.25, 0.3) is 11.0 Å². The molecule has 2 aromatic heterocycles. The highest BCUT2D eigenvalue weighted by Gasteiger charge is 2.23. The second kappa shape index (κ2) is 6.28. The number of aromatic nitrogens is 3. The van der Waals surface area contributed by atoms with Crippen molar-refractivity contribution in [1.29, 1.82) is 0 Å². The lowest BCUT2D eigenvalue weighted by Gasteiger charge is -2.15. The van der Waals surface area contributed by atoms with E-state index in [0.717, 1.165) is 6.20 Å². The van der Waals surface area contributed by atoms with Crippen LogP contribution in [0, 0.1) is 11.7 Å². The van der Waals surface area contributed by atoms with E-state index in [4.69, 9.17) is 4.74 Å². The van der Waals surface area contributed by atoms with E-state index in [-0.39, 0.29) is 36.0 Å². The minimum absolute atomic E-state index is 0.00964. The second-order valence-corrected chi connectivity index (χ2v) is 5.19. The number of rotatable bonds is 4. The Morgan fingerprint density at radius 1 is 1.48 bits per heavy atom. The number of carbonyl (C=O) groups is 1. The predicted octanol–water partition coefficient (Wildman–Crippen LogP) is 3.18. The molecule has 7 heteroatoms. The average Bonchev–Trinajstić information content (AvgIpc) is 2.88. The van der Waals surface area contributed by atoms with Gasteiger partial charge in [0.05, 0.1) is 24.7 Å². The Kier molecular flexibility index (Phi) is 4.18. The molecule has 120 valence electrons. The fourth-order valence-electron chi connectivity index (χ4n) is 2.53. The largest absolute Gasteiger partial charge is 0.461 e. The first-order valence-electron chi connectivity index (χ1n) is 7.31. The van der Waals surface area contributed by atoms with Crippen LogP contribution in [-0.2, 0) is 11.3 Å². The lowest BCUT2D eigenvalue weighted by atomic mass is 10.00. The normalized spacial score (nSPS) is 17.3. The van der Waals surface area contributed by atoms with Crippen LogP contribution in [0.3, 0.4) is 0 Å². The van der Waals surface area contributed by atoms with Crippen LogP contribution in [0.1, 0.15) is 23.8 Å². The first-order valence-corrected chi connectivity index (χ1v) is 7.31. The number of pyridine rings is 1. The van der Waals surface area contributed by atoms with Gasteiger partial charge >= 0.3 is 5.97 Å². The number of ether oxygens (including phenoxy) is 1. The quantitative estimate of drug-likeness (QED) is 0.812. The second-order valence-electron chi connectivity index (χ2n) is 5.19.